The van der Waals surface area contributed by atoms with Crippen LogP contribution in [0.5, 0.6) is 0 Å². The SMILES string of the molecule is N#C/C(=C(/O)C[NH+]1CCC(C(N)=O)CC1)c1nc(-c2ccc(Cl)cc2)cs1. The molecule has 1 aliphatic heterocycles. The number of likely N-dealkylation sites (tertiary alicyclic amines) is 1. The van der Waals surface area contributed by atoms with Crippen molar-refractivity contribution in [1.29, 1.82) is 5.26 Å². The van der Waals surface area contributed by atoms with E-state index in [-0.39, 0.29) is 23.2 Å². The summed E-state index contributed by atoms with van der Waals surface area (Å²) in [6.07, 6.45) is 1.41. The number of quaternary nitrogens is 1. The number of carbonyl (C=O) groups is 1. The van der Waals surface area contributed by atoms with Crippen molar-refractivity contribution in [1.82, 2.24) is 4.98 Å². The molecule has 0 aliphatic carbocycles. The van der Waals surface area contributed by atoms with E-state index >= 15 is 0 Å². The van der Waals surface area contributed by atoms with Gasteiger partial charge in [-0.15, -0.1) is 11.3 Å². The number of thiazole rings is 1. The van der Waals surface area contributed by atoms with Gasteiger partial charge in [0.2, 0.25) is 5.91 Å². The van der Waals surface area contributed by atoms with Crippen LogP contribution in [0.25, 0.3) is 16.8 Å². The average Bonchev–Trinajstić information content (AvgIpc) is 3.13. The van der Waals surface area contributed by atoms with Gasteiger partial charge in [-0.3, -0.25) is 4.79 Å². The summed E-state index contributed by atoms with van der Waals surface area (Å²) in [6, 6.07) is 9.38. The maximum absolute atomic E-state index is 11.3. The van der Waals surface area contributed by atoms with E-state index in [1.165, 1.54) is 11.3 Å². The molecule has 1 fully saturated rings. The molecule has 2 aromatic rings. The smallest absolute Gasteiger partial charge is 0.220 e. The van der Waals surface area contributed by atoms with Crippen LogP contribution in [0.15, 0.2) is 35.4 Å². The molecule has 1 aliphatic rings. The number of nitrogens with one attached hydrogen (secondary N) is 1. The molecule has 4 N–H and O–H groups in total. The van der Waals surface area contributed by atoms with Gasteiger partial charge in [0.15, 0.2) is 5.76 Å². The van der Waals surface area contributed by atoms with Crippen LogP contribution in [0.4, 0.5) is 0 Å². The molecular weight excluding hydrogens is 384 g/mol. The van der Waals surface area contributed by atoms with Gasteiger partial charge in [0.25, 0.3) is 0 Å². The summed E-state index contributed by atoms with van der Waals surface area (Å²) in [7, 11) is 0. The quantitative estimate of drug-likeness (QED) is 0.524. The Hall–Kier alpha value is -2.40. The Balaban J connectivity index is 1.73. The number of hydrogen-bond acceptors (Lipinski definition) is 5. The Morgan fingerprint density at radius 2 is 2.04 bits per heavy atom. The molecule has 0 spiro atoms. The fraction of sp³-hybridized carbons (Fsp3) is 0.316. The minimum absolute atomic E-state index is 0.0297. The van der Waals surface area contributed by atoms with E-state index < -0.39 is 0 Å². The first-order valence-corrected chi connectivity index (χ1v) is 9.90. The lowest BCUT2D eigenvalue weighted by molar-refractivity contribution is -0.902. The normalized spacial score (nSPS) is 20.6. The van der Waals surface area contributed by atoms with Crippen LogP contribution in [-0.2, 0) is 4.79 Å². The molecule has 1 aromatic heterocycles. The number of nitrogens with zero attached hydrogens (tertiary/aromatic N) is 2. The van der Waals surface area contributed by atoms with E-state index in [0.29, 0.717) is 29.4 Å². The summed E-state index contributed by atoms with van der Waals surface area (Å²) >= 11 is 7.23. The van der Waals surface area contributed by atoms with Crippen molar-refractivity contribution in [3.63, 3.8) is 0 Å². The van der Waals surface area contributed by atoms with Crippen molar-refractivity contribution < 1.29 is 14.8 Å². The van der Waals surface area contributed by atoms with E-state index in [1.54, 1.807) is 12.1 Å². The summed E-state index contributed by atoms with van der Waals surface area (Å²) in [5.41, 5.74) is 7.19. The molecule has 0 atom stereocenters. The molecule has 27 heavy (non-hydrogen) atoms. The second-order valence-electron chi connectivity index (χ2n) is 6.58. The van der Waals surface area contributed by atoms with Crippen molar-refractivity contribution in [3.05, 3.63) is 45.4 Å². The van der Waals surface area contributed by atoms with E-state index in [0.717, 1.165) is 29.2 Å². The third-order valence-corrected chi connectivity index (χ3v) is 5.88. The summed E-state index contributed by atoms with van der Waals surface area (Å²) < 4.78 is 0. The molecule has 0 bridgehead atoms. The van der Waals surface area contributed by atoms with Crippen molar-refractivity contribution in [2.24, 2.45) is 11.7 Å². The number of nitriles is 1. The van der Waals surface area contributed by atoms with Crippen LogP contribution < -0.4 is 10.6 Å². The fourth-order valence-electron chi connectivity index (χ4n) is 3.19. The van der Waals surface area contributed by atoms with Crippen molar-refractivity contribution in [2.45, 2.75) is 12.8 Å². The first-order valence-electron chi connectivity index (χ1n) is 8.65. The second-order valence-corrected chi connectivity index (χ2v) is 7.88. The predicted molar refractivity (Wildman–Crippen MR) is 105 cm³/mol. The first kappa shape index (κ1) is 19.4. The number of carbonyl (C=O) groups excluding carboxylic acids is 1. The summed E-state index contributed by atoms with van der Waals surface area (Å²) in [6.45, 7) is 1.82. The number of rotatable bonds is 5. The van der Waals surface area contributed by atoms with Crippen LogP contribution in [-0.4, -0.2) is 35.6 Å². The lowest BCUT2D eigenvalue weighted by atomic mass is 9.96. The molecule has 1 amide bonds. The molecule has 6 nitrogen and oxygen atoms in total. The Kier molecular flexibility index (Phi) is 6.11. The second kappa shape index (κ2) is 8.53. The first-order chi connectivity index (χ1) is 13.0. The highest BCUT2D eigenvalue weighted by molar-refractivity contribution is 7.11. The van der Waals surface area contributed by atoms with Crippen LogP contribution in [0, 0.1) is 17.2 Å². The van der Waals surface area contributed by atoms with E-state index in [1.807, 2.05) is 17.5 Å². The van der Waals surface area contributed by atoms with Gasteiger partial charge in [0.05, 0.1) is 18.8 Å². The third kappa shape index (κ3) is 4.66. The number of hydrogen-bond donors (Lipinski definition) is 3. The lowest BCUT2D eigenvalue weighted by Gasteiger charge is -2.27. The van der Waals surface area contributed by atoms with E-state index in [2.05, 4.69) is 11.1 Å². The lowest BCUT2D eigenvalue weighted by Crippen LogP contribution is -3.13. The van der Waals surface area contributed by atoms with Gasteiger partial charge >= 0.3 is 0 Å². The fourth-order valence-corrected chi connectivity index (χ4v) is 4.16. The molecule has 8 heteroatoms. The number of primary amides is 1. The number of allylic oxidation sites excluding steroid dienone is 1. The van der Waals surface area contributed by atoms with Crippen molar-refractivity contribution in [3.8, 4) is 17.3 Å². The number of aliphatic hydroxyl groups is 1. The maximum atomic E-state index is 11.3. The van der Waals surface area contributed by atoms with Crippen molar-refractivity contribution >= 4 is 34.4 Å². The number of halogens is 1. The van der Waals surface area contributed by atoms with Gasteiger partial charge < -0.3 is 15.7 Å². The molecular formula is C19H20ClN4O2S+. The number of amides is 1. The topological polar surface area (TPSA) is 104 Å². The third-order valence-electron chi connectivity index (χ3n) is 4.77. The molecule has 0 unspecified atom stereocenters. The molecule has 0 radical (unpaired) electrons. The standard InChI is InChI=1S/C19H19ClN4O2S/c20-14-3-1-12(2-4-14)16-11-27-19(23-16)15(9-21)17(25)10-24-7-5-13(6-8-24)18(22)26/h1-4,11,13,25H,5-8,10H2,(H2,22,26)/p+1/b17-15-. The van der Waals surface area contributed by atoms with Crippen LogP contribution in [0.1, 0.15) is 17.8 Å². The zero-order valence-corrected chi connectivity index (χ0v) is 16.2. The van der Waals surface area contributed by atoms with Crippen molar-refractivity contribution in [2.75, 3.05) is 19.6 Å². The number of piperidine rings is 1. The monoisotopic (exact) mass is 403 g/mol. The number of aliphatic hydroxyl groups excluding tert-OH is 1. The molecule has 2 heterocycles. The highest BCUT2D eigenvalue weighted by Gasteiger charge is 2.27. The molecule has 140 valence electrons. The molecule has 1 saturated heterocycles. The van der Waals surface area contributed by atoms with Gasteiger partial charge in [-0.25, -0.2) is 4.98 Å². The summed E-state index contributed by atoms with van der Waals surface area (Å²) in [5.74, 6) is -0.317. The Labute approximate surface area is 166 Å². The summed E-state index contributed by atoms with van der Waals surface area (Å²) in [5, 5.41) is 23.0. The molecule has 0 saturated carbocycles. The number of aromatic nitrogens is 1. The van der Waals surface area contributed by atoms with Crippen LogP contribution in [0.3, 0.4) is 0 Å². The molecule has 1 aromatic carbocycles. The van der Waals surface area contributed by atoms with Crippen LogP contribution >= 0.6 is 22.9 Å². The minimum atomic E-state index is -0.260. The van der Waals surface area contributed by atoms with Gasteiger partial charge in [0.1, 0.15) is 23.2 Å². The Morgan fingerprint density at radius 3 is 2.63 bits per heavy atom. The van der Waals surface area contributed by atoms with E-state index in [9.17, 15) is 15.2 Å². The van der Waals surface area contributed by atoms with Gasteiger partial charge in [0, 0.05) is 34.7 Å². The zero-order chi connectivity index (χ0) is 19.4. The molecule has 3 rings (SSSR count). The number of benzene rings is 1. The van der Waals surface area contributed by atoms with Gasteiger partial charge in [-0.05, 0) is 12.1 Å². The summed E-state index contributed by atoms with van der Waals surface area (Å²) in [4.78, 5) is 16.9. The zero-order valence-electron chi connectivity index (χ0n) is 14.6. The maximum Gasteiger partial charge on any atom is 0.220 e. The minimum Gasteiger partial charge on any atom is -0.506 e. The Bertz CT molecular complexity index is 893. The van der Waals surface area contributed by atoms with Gasteiger partial charge in [-0.1, -0.05) is 23.7 Å². The van der Waals surface area contributed by atoms with Crippen LogP contribution in [0.2, 0.25) is 5.02 Å². The number of nitrogens with two attached hydrogens (primary N) is 1. The van der Waals surface area contributed by atoms with Gasteiger partial charge in [-0.2, -0.15) is 5.26 Å². The predicted octanol–water partition coefficient (Wildman–Crippen LogP) is 2.04. The highest BCUT2D eigenvalue weighted by Crippen LogP contribution is 2.27. The Morgan fingerprint density at radius 1 is 1.37 bits per heavy atom. The van der Waals surface area contributed by atoms with E-state index in [4.69, 9.17) is 17.3 Å². The average molecular weight is 404 g/mol. The largest absolute Gasteiger partial charge is 0.506 e. The highest BCUT2D eigenvalue weighted by atomic mass is 35.5.